The molecule has 0 amide bonds. The zero-order valence-corrected chi connectivity index (χ0v) is 23.2. The van der Waals surface area contributed by atoms with Crippen molar-refractivity contribution in [3.05, 3.63) is 151 Å². The third-order valence-electron chi connectivity index (χ3n) is 8.60. The Morgan fingerprint density at radius 3 is 1.44 bits per heavy atom. The van der Waals surface area contributed by atoms with Crippen LogP contribution in [0.3, 0.4) is 0 Å². The van der Waals surface area contributed by atoms with Crippen molar-refractivity contribution in [2.45, 2.75) is 13.8 Å². The topological polar surface area (TPSA) is 3.24 Å². The summed E-state index contributed by atoms with van der Waals surface area (Å²) >= 11 is 0. The molecule has 1 heteroatoms. The van der Waals surface area contributed by atoms with Crippen LogP contribution in [0.5, 0.6) is 0 Å². The Bertz CT molecular complexity index is 2070. The molecule has 0 bridgehead atoms. The van der Waals surface area contributed by atoms with Crippen LogP contribution in [0, 0.1) is 13.8 Å². The number of hydrogen-bond acceptors (Lipinski definition) is 1. The van der Waals surface area contributed by atoms with Gasteiger partial charge in [-0.15, -0.1) is 0 Å². The fourth-order valence-corrected chi connectivity index (χ4v) is 6.40. The van der Waals surface area contributed by atoms with Crippen molar-refractivity contribution < 1.29 is 0 Å². The minimum Gasteiger partial charge on any atom is -0.310 e. The summed E-state index contributed by atoms with van der Waals surface area (Å²) in [4.78, 5) is 2.40. The second-order valence-corrected chi connectivity index (χ2v) is 11.2. The van der Waals surface area contributed by atoms with E-state index in [-0.39, 0.29) is 0 Å². The molecule has 0 aromatic heterocycles. The molecule has 0 unspecified atom stereocenters. The van der Waals surface area contributed by atoms with Gasteiger partial charge in [-0.05, 0) is 134 Å². The third kappa shape index (κ3) is 3.85. The number of aryl methyl sites for hydroxylation is 2. The summed E-state index contributed by atoms with van der Waals surface area (Å²) in [5, 5.41) is 5.11. The van der Waals surface area contributed by atoms with Crippen LogP contribution in [0.4, 0.5) is 17.1 Å². The Labute approximate surface area is 241 Å². The van der Waals surface area contributed by atoms with E-state index in [0.717, 1.165) is 0 Å². The standard InChI is InChI=1S/C40H29N/c1-26-10-6-8-14-39(26)41(40-15-9-7-11-27(40)2)34-19-18-31-23-36-37-24-32-20-29(28-12-4-3-5-13-28)16-17-30(32)22-35(37)38(36)25-33(31)21-34/h3-25H,1-2H3. The van der Waals surface area contributed by atoms with Crippen molar-refractivity contribution in [1.82, 2.24) is 0 Å². The molecular formula is C40H29N. The highest BCUT2D eigenvalue weighted by Gasteiger charge is 2.24. The monoisotopic (exact) mass is 523 g/mol. The van der Waals surface area contributed by atoms with Crippen LogP contribution in [-0.4, -0.2) is 0 Å². The number of benzene rings is 7. The summed E-state index contributed by atoms with van der Waals surface area (Å²) < 4.78 is 0. The molecule has 0 saturated carbocycles. The van der Waals surface area contributed by atoms with E-state index in [2.05, 4.69) is 158 Å². The van der Waals surface area contributed by atoms with E-state index in [4.69, 9.17) is 0 Å². The normalized spacial score (nSPS) is 11.7. The molecule has 0 heterocycles. The third-order valence-corrected chi connectivity index (χ3v) is 8.60. The number of anilines is 3. The molecule has 0 aliphatic heterocycles. The average molecular weight is 524 g/mol. The van der Waals surface area contributed by atoms with Crippen LogP contribution in [0.2, 0.25) is 0 Å². The van der Waals surface area contributed by atoms with Gasteiger partial charge in [-0.3, -0.25) is 0 Å². The van der Waals surface area contributed by atoms with Crippen molar-refractivity contribution in [3.63, 3.8) is 0 Å². The summed E-state index contributed by atoms with van der Waals surface area (Å²) in [6.45, 7) is 4.38. The molecule has 0 atom stereocenters. The predicted molar refractivity (Wildman–Crippen MR) is 175 cm³/mol. The molecule has 0 radical (unpaired) electrons. The average Bonchev–Trinajstić information content (AvgIpc) is 3.01. The fraction of sp³-hybridized carbons (Fsp3) is 0.0500. The molecule has 1 aliphatic rings. The Kier molecular flexibility index (Phi) is 5.33. The highest BCUT2D eigenvalue weighted by molar-refractivity contribution is 6.12. The Morgan fingerprint density at radius 2 is 0.854 bits per heavy atom. The van der Waals surface area contributed by atoms with Crippen molar-refractivity contribution in [2.75, 3.05) is 4.90 Å². The molecule has 194 valence electrons. The van der Waals surface area contributed by atoms with Crippen molar-refractivity contribution in [2.24, 2.45) is 0 Å². The van der Waals surface area contributed by atoms with Gasteiger partial charge in [-0.1, -0.05) is 84.9 Å². The largest absolute Gasteiger partial charge is 0.310 e. The molecule has 7 aromatic rings. The highest BCUT2D eigenvalue weighted by atomic mass is 15.1. The van der Waals surface area contributed by atoms with Gasteiger partial charge in [-0.2, -0.15) is 0 Å². The quantitative estimate of drug-likeness (QED) is 0.222. The number of fused-ring (bicyclic) bond motifs is 6. The van der Waals surface area contributed by atoms with E-state index >= 15 is 0 Å². The second kappa shape index (κ2) is 9.21. The molecule has 0 saturated heterocycles. The van der Waals surface area contributed by atoms with Crippen LogP contribution in [0.25, 0.3) is 54.9 Å². The highest BCUT2D eigenvalue weighted by Crippen LogP contribution is 2.51. The van der Waals surface area contributed by atoms with Crippen molar-refractivity contribution in [1.29, 1.82) is 0 Å². The number of nitrogens with zero attached hydrogens (tertiary/aromatic N) is 1. The second-order valence-electron chi connectivity index (χ2n) is 11.2. The van der Waals surface area contributed by atoms with E-state index in [1.165, 1.54) is 83.1 Å². The smallest absolute Gasteiger partial charge is 0.0490 e. The number of rotatable bonds is 4. The Morgan fingerprint density at radius 1 is 0.366 bits per heavy atom. The summed E-state index contributed by atoms with van der Waals surface area (Å²) in [5.41, 5.74) is 14.0. The van der Waals surface area contributed by atoms with Gasteiger partial charge in [-0.25, -0.2) is 0 Å². The van der Waals surface area contributed by atoms with Gasteiger partial charge >= 0.3 is 0 Å². The molecule has 8 rings (SSSR count). The fourth-order valence-electron chi connectivity index (χ4n) is 6.40. The zero-order chi connectivity index (χ0) is 27.5. The maximum atomic E-state index is 2.40. The van der Waals surface area contributed by atoms with Crippen LogP contribution in [-0.2, 0) is 0 Å². The lowest BCUT2D eigenvalue weighted by molar-refractivity contribution is 1.23. The first-order valence-corrected chi connectivity index (χ1v) is 14.3. The first kappa shape index (κ1) is 23.7. The molecule has 41 heavy (non-hydrogen) atoms. The van der Waals surface area contributed by atoms with Gasteiger partial charge in [0.2, 0.25) is 0 Å². The zero-order valence-electron chi connectivity index (χ0n) is 23.2. The summed E-state index contributed by atoms with van der Waals surface area (Å²) in [7, 11) is 0. The first-order valence-electron chi connectivity index (χ1n) is 14.3. The lowest BCUT2D eigenvalue weighted by Gasteiger charge is -2.29. The minimum atomic E-state index is 1.17. The molecule has 1 aliphatic carbocycles. The van der Waals surface area contributed by atoms with E-state index in [1.54, 1.807) is 0 Å². The molecule has 1 nitrogen and oxygen atoms in total. The maximum Gasteiger partial charge on any atom is 0.0490 e. The van der Waals surface area contributed by atoms with Gasteiger partial charge in [0.05, 0.1) is 0 Å². The SMILES string of the molecule is Cc1ccccc1N(c1ccc2cc3c(cc2c1)-c1cc2ccc(-c4ccccc4)cc2cc1-3)c1ccccc1C. The van der Waals surface area contributed by atoms with E-state index < -0.39 is 0 Å². The Hall–Kier alpha value is -5.14. The molecule has 7 aromatic carbocycles. The van der Waals surface area contributed by atoms with Crippen LogP contribution in [0.1, 0.15) is 11.1 Å². The van der Waals surface area contributed by atoms with Gasteiger partial charge in [0.1, 0.15) is 0 Å². The minimum absolute atomic E-state index is 1.17. The van der Waals surface area contributed by atoms with Crippen LogP contribution < -0.4 is 4.90 Å². The first-order chi connectivity index (χ1) is 20.1. The molecule has 0 spiro atoms. The van der Waals surface area contributed by atoms with E-state index in [9.17, 15) is 0 Å². The van der Waals surface area contributed by atoms with E-state index in [1.807, 2.05) is 0 Å². The van der Waals surface area contributed by atoms with Gasteiger partial charge in [0.25, 0.3) is 0 Å². The molecule has 0 fully saturated rings. The summed E-state index contributed by atoms with van der Waals surface area (Å²) in [5.74, 6) is 0. The summed E-state index contributed by atoms with van der Waals surface area (Å²) in [6.07, 6.45) is 0. The van der Waals surface area contributed by atoms with Gasteiger partial charge < -0.3 is 4.90 Å². The van der Waals surface area contributed by atoms with Crippen molar-refractivity contribution in [3.8, 4) is 33.4 Å². The van der Waals surface area contributed by atoms with Gasteiger partial charge in [0.15, 0.2) is 0 Å². The Balaban J connectivity index is 1.23. The summed E-state index contributed by atoms with van der Waals surface area (Å²) in [6, 6.07) is 51.1. The number of hydrogen-bond donors (Lipinski definition) is 0. The lowest BCUT2D eigenvalue weighted by atomic mass is 9.77. The van der Waals surface area contributed by atoms with Crippen LogP contribution >= 0.6 is 0 Å². The van der Waals surface area contributed by atoms with Gasteiger partial charge in [0, 0.05) is 17.1 Å². The maximum absolute atomic E-state index is 2.40. The van der Waals surface area contributed by atoms with Crippen molar-refractivity contribution >= 4 is 38.6 Å². The predicted octanol–water partition coefficient (Wildman–Crippen LogP) is 11.4. The molecular weight excluding hydrogens is 494 g/mol. The van der Waals surface area contributed by atoms with E-state index in [0.29, 0.717) is 0 Å². The lowest BCUT2D eigenvalue weighted by Crippen LogP contribution is -2.12. The molecule has 0 N–H and O–H groups in total. The number of para-hydroxylation sites is 2. The van der Waals surface area contributed by atoms with Crippen LogP contribution in [0.15, 0.2) is 140 Å².